The van der Waals surface area contributed by atoms with E-state index in [9.17, 15) is 0 Å². The molecule has 0 unspecified atom stereocenters. The lowest BCUT2D eigenvalue weighted by Crippen LogP contribution is -2.18. The monoisotopic (exact) mass is 270 g/mol. The van der Waals surface area contributed by atoms with Gasteiger partial charge in [-0.05, 0) is 48.5 Å². The summed E-state index contributed by atoms with van der Waals surface area (Å²) in [6.07, 6.45) is 4.65. The maximum absolute atomic E-state index is 5.50. The Labute approximate surface area is 118 Å². The maximum Gasteiger partial charge on any atom is 0.266 e. The summed E-state index contributed by atoms with van der Waals surface area (Å²) in [6, 6.07) is 6.25. The molecule has 0 radical (unpaired) electrons. The first-order chi connectivity index (χ1) is 9.92. The van der Waals surface area contributed by atoms with E-state index in [1.807, 2.05) is 6.07 Å². The van der Waals surface area contributed by atoms with Gasteiger partial charge in [-0.1, -0.05) is 6.07 Å². The third-order valence-electron chi connectivity index (χ3n) is 4.13. The third-order valence-corrected chi connectivity index (χ3v) is 4.13. The minimum Gasteiger partial charge on any atom is -0.385 e. The number of hydrogen-bond acceptors (Lipinski definition) is 5. The van der Waals surface area contributed by atoms with Gasteiger partial charge in [-0.15, -0.1) is 0 Å². The molecule has 1 saturated heterocycles. The van der Waals surface area contributed by atoms with Crippen LogP contribution in [0.25, 0.3) is 11.5 Å². The number of hydrogen-bond donors (Lipinski definition) is 1. The van der Waals surface area contributed by atoms with E-state index in [0.29, 0.717) is 5.89 Å². The van der Waals surface area contributed by atoms with E-state index in [1.54, 1.807) is 0 Å². The summed E-state index contributed by atoms with van der Waals surface area (Å²) in [5.74, 6) is 1.38. The summed E-state index contributed by atoms with van der Waals surface area (Å²) in [5.41, 5.74) is 3.58. The lowest BCUT2D eigenvalue weighted by atomic mass is 9.97. The van der Waals surface area contributed by atoms with Crippen molar-refractivity contribution in [2.24, 2.45) is 0 Å². The van der Waals surface area contributed by atoms with Crippen LogP contribution in [0.3, 0.4) is 0 Å². The average molecular weight is 270 g/mol. The third kappa shape index (κ3) is 1.94. The van der Waals surface area contributed by atoms with Crippen LogP contribution in [-0.2, 0) is 6.42 Å². The van der Waals surface area contributed by atoms with Crippen LogP contribution in [0.2, 0.25) is 0 Å². The number of nitrogens with one attached hydrogen (secondary N) is 1. The van der Waals surface area contributed by atoms with Crippen LogP contribution < -0.4 is 10.2 Å². The van der Waals surface area contributed by atoms with Gasteiger partial charge in [0.15, 0.2) is 0 Å². The quantitative estimate of drug-likeness (QED) is 0.909. The fraction of sp³-hybridized carbons (Fsp3) is 0.467. The molecule has 4 rings (SSSR count). The van der Waals surface area contributed by atoms with Crippen molar-refractivity contribution in [3.8, 4) is 11.5 Å². The fourth-order valence-electron chi connectivity index (χ4n) is 3.08. The molecule has 3 heterocycles. The van der Waals surface area contributed by atoms with Gasteiger partial charge in [0.05, 0.1) is 0 Å². The first-order valence-electron chi connectivity index (χ1n) is 7.36. The molecule has 1 fully saturated rings. The van der Waals surface area contributed by atoms with Crippen LogP contribution in [0.15, 0.2) is 22.7 Å². The highest BCUT2D eigenvalue weighted by Crippen LogP contribution is 2.32. The number of benzene rings is 1. The van der Waals surface area contributed by atoms with E-state index < -0.39 is 0 Å². The van der Waals surface area contributed by atoms with Gasteiger partial charge in [0, 0.05) is 30.9 Å². The van der Waals surface area contributed by atoms with E-state index in [2.05, 4.69) is 32.5 Å². The van der Waals surface area contributed by atoms with Crippen molar-refractivity contribution in [2.45, 2.75) is 25.7 Å². The number of fused-ring (bicyclic) bond motifs is 1. The molecule has 0 bridgehead atoms. The zero-order valence-corrected chi connectivity index (χ0v) is 11.4. The van der Waals surface area contributed by atoms with Crippen molar-refractivity contribution < 1.29 is 4.52 Å². The molecule has 2 aromatic rings. The van der Waals surface area contributed by atoms with Gasteiger partial charge in [-0.2, -0.15) is 4.98 Å². The molecular weight excluding hydrogens is 252 g/mol. The van der Waals surface area contributed by atoms with Gasteiger partial charge in [0.1, 0.15) is 0 Å². The molecule has 0 atom stereocenters. The summed E-state index contributed by atoms with van der Waals surface area (Å²) >= 11 is 0. The zero-order chi connectivity index (χ0) is 13.4. The van der Waals surface area contributed by atoms with Gasteiger partial charge >= 0.3 is 0 Å². The molecule has 0 aliphatic carbocycles. The summed E-state index contributed by atoms with van der Waals surface area (Å²) in [5, 5.41) is 7.58. The predicted octanol–water partition coefficient (Wildman–Crippen LogP) is 2.69. The van der Waals surface area contributed by atoms with E-state index in [-0.39, 0.29) is 0 Å². The molecule has 5 nitrogen and oxygen atoms in total. The molecule has 0 saturated carbocycles. The Bertz CT molecular complexity index is 616. The summed E-state index contributed by atoms with van der Waals surface area (Å²) in [7, 11) is 0. The number of aromatic nitrogens is 2. The molecule has 0 spiro atoms. The Morgan fingerprint density at radius 2 is 2.05 bits per heavy atom. The highest BCUT2D eigenvalue weighted by Gasteiger charge is 2.21. The topological polar surface area (TPSA) is 54.2 Å². The predicted molar refractivity (Wildman–Crippen MR) is 78.0 cm³/mol. The molecule has 1 N–H and O–H groups in total. The van der Waals surface area contributed by atoms with Crippen LogP contribution in [0.5, 0.6) is 0 Å². The van der Waals surface area contributed by atoms with Crippen LogP contribution in [0.1, 0.15) is 24.8 Å². The molecule has 1 aromatic carbocycles. The van der Waals surface area contributed by atoms with E-state index in [1.165, 1.54) is 24.1 Å². The van der Waals surface area contributed by atoms with Crippen LogP contribution in [0, 0.1) is 0 Å². The summed E-state index contributed by atoms with van der Waals surface area (Å²) in [6.45, 7) is 3.11. The Morgan fingerprint density at radius 1 is 1.15 bits per heavy atom. The lowest BCUT2D eigenvalue weighted by Gasteiger charge is -2.19. The van der Waals surface area contributed by atoms with Crippen molar-refractivity contribution in [1.82, 2.24) is 10.1 Å². The van der Waals surface area contributed by atoms with Crippen LogP contribution in [-0.4, -0.2) is 29.8 Å². The SMILES string of the molecule is c1cc2c(c(-c3nc(N4CCCC4)no3)c1)CCCN2. The van der Waals surface area contributed by atoms with Crippen molar-refractivity contribution in [1.29, 1.82) is 0 Å². The van der Waals surface area contributed by atoms with E-state index in [4.69, 9.17) is 4.52 Å². The molecule has 104 valence electrons. The smallest absolute Gasteiger partial charge is 0.266 e. The van der Waals surface area contributed by atoms with E-state index in [0.717, 1.165) is 44.0 Å². The molecule has 20 heavy (non-hydrogen) atoms. The first-order valence-corrected chi connectivity index (χ1v) is 7.36. The molecular formula is C15H18N4O. The van der Waals surface area contributed by atoms with Gasteiger partial charge in [-0.3, -0.25) is 0 Å². The second-order valence-electron chi connectivity index (χ2n) is 5.46. The zero-order valence-electron chi connectivity index (χ0n) is 11.4. The number of anilines is 2. The highest BCUT2D eigenvalue weighted by molar-refractivity contribution is 5.70. The average Bonchev–Trinajstić information content (AvgIpc) is 3.17. The maximum atomic E-state index is 5.50. The molecule has 2 aliphatic heterocycles. The summed E-state index contributed by atoms with van der Waals surface area (Å²) in [4.78, 5) is 6.79. The molecule has 5 heteroatoms. The van der Waals surface area contributed by atoms with E-state index >= 15 is 0 Å². The standard InChI is InChI=1S/C15H18N4O/c1-2-10-19(9-1)15-17-14(20-18-15)12-5-3-7-13-11(12)6-4-8-16-13/h3,5,7,16H,1-2,4,6,8-10H2. The van der Waals surface area contributed by atoms with Gasteiger partial charge in [0.25, 0.3) is 11.8 Å². The van der Waals surface area contributed by atoms with Crippen molar-refractivity contribution in [3.05, 3.63) is 23.8 Å². The lowest BCUT2D eigenvalue weighted by molar-refractivity contribution is 0.429. The Balaban J connectivity index is 1.70. The van der Waals surface area contributed by atoms with Gasteiger partial charge in [0.2, 0.25) is 0 Å². The number of nitrogens with zero attached hydrogens (tertiary/aromatic N) is 3. The molecule has 1 aromatic heterocycles. The van der Waals surface area contributed by atoms with Crippen molar-refractivity contribution >= 4 is 11.6 Å². The van der Waals surface area contributed by atoms with Crippen molar-refractivity contribution in [2.75, 3.05) is 29.9 Å². The minimum atomic E-state index is 0.646. The highest BCUT2D eigenvalue weighted by atomic mass is 16.5. The van der Waals surface area contributed by atoms with Gasteiger partial charge < -0.3 is 14.7 Å². The normalized spacial score (nSPS) is 17.9. The fourth-order valence-corrected chi connectivity index (χ4v) is 3.08. The van der Waals surface area contributed by atoms with Gasteiger partial charge in [-0.25, -0.2) is 0 Å². The van der Waals surface area contributed by atoms with Crippen LogP contribution >= 0.6 is 0 Å². The summed E-state index contributed by atoms with van der Waals surface area (Å²) < 4.78 is 5.50. The molecule has 0 amide bonds. The Hall–Kier alpha value is -2.04. The second kappa shape index (κ2) is 4.81. The second-order valence-corrected chi connectivity index (χ2v) is 5.46. The largest absolute Gasteiger partial charge is 0.385 e. The first kappa shape index (κ1) is 11.8. The Morgan fingerprint density at radius 3 is 2.95 bits per heavy atom. The van der Waals surface area contributed by atoms with Crippen LogP contribution in [0.4, 0.5) is 11.6 Å². The minimum absolute atomic E-state index is 0.646. The molecule has 2 aliphatic rings. The number of rotatable bonds is 2. The van der Waals surface area contributed by atoms with Crippen molar-refractivity contribution in [3.63, 3.8) is 0 Å². The Kier molecular flexibility index (Phi) is 2.83.